The summed E-state index contributed by atoms with van der Waals surface area (Å²) in [6.07, 6.45) is -4.33. The fraction of sp³-hybridized carbons (Fsp3) is 0.600. The van der Waals surface area contributed by atoms with Crippen molar-refractivity contribution in [3.05, 3.63) is 11.8 Å². The Morgan fingerprint density at radius 2 is 2.26 bits per heavy atom. The van der Waals surface area contributed by atoms with E-state index in [9.17, 15) is 18.0 Å². The summed E-state index contributed by atoms with van der Waals surface area (Å²) in [5.41, 5.74) is 5.74. The van der Waals surface area contributed by atoms with Gasteiger partial charge in [-0.2, -0.15) is 18.3 Å². The quantitative estimate of drug-likeness (QED) is 0.864. The third-order valence-corrected chi connectivity index (χ3v) is 3.00. The SMILES string of the molecule is Nc1cc([C@H]2CCCN2C(=O)O)nn1CC(F)(F)F. The number of hydrogen-bond acceptors (Lipinski definition) is 3. The van der Waals surface area contributed by atoms with Gasteiger partial charge in [0.15, 0.2) is 0 Å². The Labute approximate surface area is 106 Å². The maximum Gasteiger partial charge on any atom is 0.408 e. The molecule has 0 bridgehead atoms. The van der Waals surface area contributed by atoms with Crippen LogP contribution in [0.2, 0.25) is 0 Å². The van der Waals surface area contributed by atoms with Gasteiger partial charge in [-0.1, -0.05) is 0 Å². The molecule has 0 radical (unpaired) electrons. The van der Waals surface area contributed by atoms with Gasteiger partial charge in [0.2, 0.25) is 0 Å². The first kappa shape index (κ1) is 13.5. The van der Waals surface area contributed by atoms with Gasteiger partial charge in [-0.15, -0.1) is 0 Å². The van der Waals surface area contributed by atoms with Crippen molar-refractivity contribution in [2.75, 3.05) is 12.3 Å². The van der Waals surface area contributed by atoms with E-state index in [1.54, 1.807) is 0 Å². The number of carboxylic acid groups (broad SMARTS) is 1. The largest absolute Gasteiger partial charge is 0.465 e. The molecule has 19 heavy (non-hydrogen) atoms. The van der Waals surface area contributed by atoms with Crippen molar-refractivity contribution in [1.29, 1.82) is 0 Å². The molecule has 0 spiro atoms. The maximum absolute atomic E-state index is 12.3. The fourth-order valence-corrected chi connectivity index (χ4v) is 2.21. The van der Waals surface area contributed by atoms with Crippen LogP contribution in [-0.4, -0.2) is 38.6 Å². The van der Waals surface area contributed by atoms with Gasteiger partial charge >= 0.3 is 12.3 Å². The number of halogens is 3. The van der Waals surface area contributed by atoms with Gasteiger partial charge in [0.25, 0.3) is 0 Å². The summed E-state index contributed by atoms with van der Waals surface area (Å²) in [5, 5.41) is 12.8. The lowest BCUT2D eigenvalue weighted by atomic mass is 10.1. The second kappa shape index (κ2) is 4.63. The van der Waals surface area contributed by atoms with Crippen LogP contribution in [0.5, 0.6) is 0 Å². The summed E-state index contributed by atoms with van der Waals surface area (Å²) in [7, 11) is 0. The first-order valence-electron chi connectivity index (χ1n) is 5.67. The number of nitrogens with zero attached hydrogens (tertiary/aromatic N) is 3. The van der Waals surface area contributed by atoms with Crippen LogP contribution in [0.25, 0.3) is 0 Å². The van der Waals surface area contributed by atoms with Gasteiger partial charge < -0.3 is 10.8 Å². The molecule has 106 valence electrons. The van der Waals surface area contributed by atoms with Crippen LogP contribution in [-0.2, 0) is 6.54 Å². The highest BCUT2D eigenvalue weighted by atomic mass is 19.4. The first-order chi connectivity index (χ1) is 8.78. The number of amides is 1. The Morgan fingerprint density at radius 3 is 2.84 bits per heavy atom. The van der Waals surface area contributed by atoms with E-state index in [-0.39, 0.29) is 11.5 Å². The summed E-state index contributed by atoms with van der Waals surface area (Å²) in [6, 6.07) is 0.784. The molecular formula is C10H13F3N4O2. The third kappa shape index (κ3) is 2.91. The van der Waals surface area contributed by atoms with Crippen molar-refractivity contribution in [2.24, 2.45) is 0 Å². The smallest absolute Gasteiger partial charge is 0.408 e. The van der Waals surface area contributed by atoms with Crippen molar-refractivity contribution in [1.82, 2.24) is 14.7 Å². The van der Waals surface area contributed by atoms with E-state index in [2.05, 4.69) is 5.10 Å². The molecule has 1 aliphatic rings. The highest BCUT2D eigenvalue weighted by Gasteiger charge is 2.34. The van der Waals surface area contributed by atoms with Crippen LogP contribution in [0, 0.1) is 0 Å². The van der Waals surface area contributed by atoms with Crippen LogP contribution in [0.3, 0.4) is 0 Å². The number of alkyl halides is 3. The Bertz CT molecular complexity index is 486. The minimum absolute atomic E-state index is 0.121. The third-order valence-electron chi connectivity index (χ3n) is 3.00. The molecule has 1 atom stereocenters. The molecule has 1 aromatic rings. The van der Waals surface area contributed by atoms with E-state index < -0.39 is 24.9 Å². The summed E-state index contributed by atoms with van der Waals surface area (Å²) in [5.74, 6) is -0.121. The predicted octanol–water partition coefficient (Wildman–Crippen LogP) is 1.84. The molecule has 3 N–H and O–H groups in total. The number of nitrogen functional groups attached to an aromatic ring is 1. The number of carbonyl (C=O) groups is 1. The molecule has 1 amide bonds. The maximum atomic E-state index is 12.3. The van der Waals surface area contributed by atoms with Gasteiger partial charge in [0, 0.05) is 12.6 Å². The molecule has 2 heterocycles. The standard InChI is InChI=1S/C10H13F3N4O2/c11-10(12,13)5-17-8(14)4-6(15-17)7-2-1-3-16(7)9(18)19/h4,7H,1-3,5,14H2,(H,18,19)/t7-/m1/s1. The minimum Gasteiger partial charge on any atom is -0.465 e. The highest BCUT2D eigenvalue weighted by Crippen LogP contribution is 2.32. The topological polar surface area (TPSA) is 84.4 Å². The van der Waals surface area contributed by atoms with Gasteiger partial charge in [0.1, 0.15) is 12.4 Å². The zero-order valence-electron chi connectivity index (χ0n) is 9.89. The lowest BCUT2D eigenvalue weighted by molar-refractivity contribution is -0.142. The van der Waals surface area contributed by atoms with Crippen molar-refractivity contribution in [2.45, 2.75) is 31.6 Å². The molecule has 6 nitrogen and oxygen atoms in total. The second-order valence-electron chi connectivity index (χ2n) is 4.40. The summed E-state index contributed by atoms with van der Waals surface area (Å²) >= 11 is 0. The van der Waals surface area contributed by atoms with Gasteiger partial charge in [-0.25, -0.2) is 9.48 Å². The van der Waals surface area contributed by atoms with Crippen molar-refractivity contribution < 1.29 is 23.1 Å². The lowest BCUT2D eigenvalue weighted by Crippen LogP contribution is -2.29. The molecule has 0 aliphatic carbocycles. The molecular weight excluding hydrogens is 265 g/mol. The van der Waals surface area contributed by atoms with Crippen LogP contribution in [0.1, 0.15) is 24.6 Å². The summed E-state index contributed by atoms with van der Waals surface area (Å²) < 4.78 is 37.5. The number of rotatable bonds is 2. The highest BCUT2D eigenvalue weighted by molar-refractivity contribution is 5.66. The zero-order valence-corrected chi connectivity index (χ0v) is 9.89. The molecule has 0 unspecified atom stereocenters. The molecule has 1 aromatic heterocycles. The summed E-state index contributed by atoms with van der Waals surface area (Å²) in [6.45, 7) is -0.926. The Balaban J connectivity index is 2.22. The Kier molecular flexibility index (Phi) is 3.29. The number of anilines is 1. The predicted molar refractivity (Wildman–Crippen MR) is 59.4 cm³/mol. The fourth-order valence-electron chi connectivity index (χ4n) is 2.21. The number of hydrogen-bond donors (Lipinski definition) is 2. The first-order valence-corrected chi connectivity index (χ1v) is 5.67. The summed E-state index contributed by atoms with van der Waals surface area (Å²) in [4.78, 5) is 12.2. The molecule has 1 saturated heterocycles. The normalized spacial score (nSPS) is 19.9. The number of aromatic nitrogens is 2. The minimum atomic E-state index is -4.42. The number of nitrogens with two attached hydrogens (primary N) is 1. The monoisotopic (exact) mass is 278 g/mol. The van der Waals surface area contributed by atoms with E-state index >= 15 is 0 Å². The van der Waals surface area contributed by atoms with Crippen molar-refractivity contribution >= 4 is 11.9 Å². The molecule has 0 aromatic carbocycles. The average Bonchev–Trinajstić information content (AvgIpc) is 2.83. The lowest BCUT2D eigenvalue weighted by Gasteiger charge is -2.19. The molecule has 2 rings (SSSR count). The zero-order chi connectivity index (χ0) is 14.2. The molecule has 9 heteroatoms. The van der Waals surface area contributed by atoms with Crippen LogP contribution >= 0.6 is 0 Å². The van der Waals surface area contributed by atoms with Gasteiger partial charge in [0.05, 0.1) is 11.7 Å². The van der Waals surface area contributed by atoms with E-state index in [0.29, 0.717) is 24.1 Å². The van der Waals surface area contributed by atoms with E-state index in [1.165, 1.54) is 11.0 Å². The average molecular weight is 278 g/mol. The van der Waals surface area contributed by atoms with Gasteiger partial charge in [-0.3, -0.25) is 4.90 Å². The van der Waals surface area contributed by atoms with Crippen LogP contribution in [0.4, 0.5) is 23.8 Å². The second-order valence-corrected chi connectivity index (χ2v) is 4.40. The Hall–Kier alpha value is -1.93. The van der Waals surface area contributed by atoms with Crippen LogP contribution < -0.4 is 5.73 Å². The molecule has 1 fully saturated rings. The van der Waals surface area contributed by atoms with Crippen LogP contribution in [0.15, 0.2) is 6.07 Å². The van der Waals surface area contributed by atoms with Crippen molar-refractivity contribution in [3.8, 4) is 0 Å². The Morgan fingerprint density at radius 1 is 1.58 bits per heavy atom. The van der Waals surface area contributed by atoms with E-state index in [1.807, 2.05) is 0 Å². The molecule has 0 saturated carbocycles. The van der Waals surface area contributed by atoms with E-state index in [0.717, 1.165) is 0 Å². The van der Waals surface area contributed by atoms with Gasteiger partial charge in [-0.05, 0) is 12.8 Å². The van der Waals surface area contributed by atoms with E-state index in [4.69, 9.17) is 10.8 Å². The number of likely N-dealkylation sites (tertiary alicyclic amines) is 1. The molecule has 1 aliphatic heterocycles. The van der Waals surface area contributed by atoms with Crippen molar-refractivity contribution in [3.63, 3.8) is 0 Å².